The minimum Gasteiger partial charge on any atom is -0.386 e. The number of hydrogen-bond donors (Lipinski definition) is 2. The molecule has 0 spiro atoms. The molecule has 2 aliphatic rings. The predicted octanol–water partition coefficient (Wildman–Crippen LogP) is 0.604. The third-order valence-corrected chi connectivity index (χ3v) is 4.35. The molecule has 2 aliphatic heterocycles. The van der Waals surface area contributed by atoms with Crippen LogP contribution in [0.2, 0.25) is 0 Å². The van der Waals surface area contributed by atoms with E-state index in [-0.39, 0.29) is 17.9 Å². The molecule has 0 bridgehead atoms. The average molecular weight is 240 g/mol. The van der Waals surface area contributed by atoms with E-state index in [9.17, 15) is 9.90 Å². The fourth-order valence-electron chi connectivity index (χ4n) is 2.71. The number of piperidine rings is 1. The van der Waals surface area contributed by atoms with Crippen LogP contribution in [0.3, 0.4) is 0 Å². The fourth-order valence-corrected chi connectivity index (χ4v) is 2.71. The molecule has 4 nitrogen and oxygen atoms in total. The van der Waals surface area contributed by atoms with Crippen LogP contribution in [0.5, 0.6) is 0 Å². The summed E-state index contributed by atoms with van der Waals surface area (Å²) in [6.07, 6.45) is 2.27. The number of rotatable bonds is 2. The van der Waals surface area contributed by atoms with Crippen LogP contribution >= 0.6 is 0 Å². The van der Waals surface area contributed by atoms with E-state index in [2.05, 4.69) is 12.2 Å². The summed E-state index contributed by atoms with van der Waals surface area (Å²) in [5, 5.41) is 13.5. The maximum atomic E-state index is 12.3. The van der Waals surface area contributed by atoms with Crippen molar-refractivity contribution in [2.24, 2.45) is 11.8 Å². The number of nitrogens with zero attached hydrogens (tertiary/aromatic N) is 1. The summed E-state index contributed by atoms with van der Waals surface area (Å²) in [4.78, 5) is 14.0. The Kier molecular flexibility index (Phi) is 3.46. The van der Waals surface area contributed by atoms with Gasteiger partial charge in [0.05, 0.1) is 19.1 Å². The number of β-amino-alcohol motifs (C(OH)–C–C–N with tert-alkyl or cyclic N) is 1. The molecule has 2 N–H and O–H groups in total. The molecule has 0 aromatic heterocycles. The quantitative estimate of drug-likeness (QED) is 0.743. The van der Waals surface area contributed by atoms with Crippen LogP contribution in [0, 0.1) is 11.8 Å². The highest BCUT2D eigenvalue weighted by atomic mass is 16.3. The minimum absolute atomic E-state index is 0.0412. The van der Waals surface area contributed by atoms with Crippen LogP contribution < -0.4 is 5.32 Å². The standard InChI is InChI=1S/C13H24N2O2/c1-9(2)13(17)7-15(8-13)12(16)11-10(3)5-4-6-14-11/h9-11,14,17H,4-8H2,1-3H3. The molecular formula is C13H24N2O2. The Hall–Kier alpha value is -0.610. The van der Waals surface area contributed by atoms with E-state index < -0.39 is 5.60 Å². The lowest BCUT2D eigenvalue weighted by molar-refractivity contribution is -0.167. The predicted molar refractivity (Wildman–Crippen MR) is 66.6 cm³/mol. The zero-order valence-corrected chi connectivity index (χ0v) is 11.1. The maximum Gasteiger partial charge on any atom is 0.240 e. The molecule has 2 atom stereocenters. The fraction of sp³-hybridized carbons (Fsp3) is 0.923. The van der Waals surface area contributed by atoms with E-state index >= 15 is 0 Å². The van der Waals surface area contributed by atoms with Crippen molar-refractivity contribution in [1.29, 1.82) is 0 Å². The van der Waals surface area contributed by atoms with Gasteiger partial charge in [0.1, 0.15) is 5.60 Å². The number of carbonyl (C=O) groups excluding carboxylic acids is 1. The second-order valence-electron chi connectivity index (χ2n) is 6.00. The van der Waals surface area contributed by atoms with E-state index in [1.54, 1.807) is 4.90 Å². The SMILES string of the molecule is CC1CCCNC1C(=O)N1CC(O)(C(C)C)C1. The Bertz CT molecular complexity index is 298. The number of hydrogen-bond acceptors (Lipinski definition) is 3. The van der Waals surface area contributed by atoms with E-state index in [0.717, 1.165) is 19.4 Å². The zero-order chi connectivity index (χ0) is 12.6. The molecule has 0 aromatic rings. The van der Waals surface area contributed by atoms with Crippen LogP contribution in [-0.4, -0.2) is 47.2 Å². The molecule has 0 radical (unpaired) electrons. The van der Waals surface area contributed by atoms with Crippen molar-refractivity contribution >= 4 is 5.91 Å². The molecule has 0 aliphatic carbocycles. The van der Waals surface area contributed by atoms with Gasteiger partial charge in [0, 0.05) is 0 Å². The molecule has 2 rings (SSSR count). The number of nitrogens with one attached hydrogen (secondary N) is 1. The van der Waals surface area contributed by atoms with Crippen molar-refractivity contribution in [3.05, 3.63) is 0 Å². The van der Waals surface area contributed by atoms with Crippen molar-refractivity contribution < 1.29 is 9.90 Å². The van der Waals surface area contributed by atoms with E-state index in [4.69, 9.17) is 0 Å². The molecule has 1 amide bonds. The first-order valence-electron chi connectivity index (χ1n) is 6.68. The van der Waals surface area contributed by atoms with Crippen LogP contribution in [0.15, 0.2) is 0 Å². The monoisotopic (exact) mass is 240 g/mol. The smallest absolute Gasteiger partial charge is 0.240 e. The molecule has 0 saturated carbocycles. The largest absolute Gasteiger partial charge is 0.386 e. The topological polar surface area (TPSA) is 52.6 Å². The number of likely N-dealkylation sites (tertiary alicyclic amines) is 1. The lowest BCUT2D eigenvalue weighted by atomic mass is 9.81. The van der Waals surface area contributed by atoms with Crippen LogP contribution in [-0.2, 0) is 4.79 Å². The molecule has 98 valence electrons. The van der Waals surface area contributed by atoms with E-state index in [1.165, 1.54) is 0 Å². The molecule has 0 aromatic carbocycles. The van der Waals surface area contributed by atoms with Gasteiger partial charge in [-0.15, -0.1) is 0 Å². The molecule has 2 saturated heterocycles. The van der Waals surface area contributed by atoms with Crippen molar-refractivity contribution in [3.63, 3.8) is 0 Å². The lowest BCUT2D eigenvalue weighted by Gasteiger charge is -2.50. The Labute approximate surface area is 103 Å². The van der Waals surface area contributed by atoms with E-state index in [0.29, 0.717) is 19.0 Å². The molecule has 2 fully saturated rings. The first-order chi connectivity index (χ1) is 7.94. The molecule has 4 heteroatoms. The van der Waals surface area contributed by atoms with Gasteiger partial charge in [0.2, 0.25) is 5.91 Å². The Morgan fingerprint density at radius 2 is 2.12 bits per heavy atom. The van der Waals surface area contributed by atoms with Crippen molar-refractivity contribution in [1.82, 2.24) is 10.2 Å². The summed E-state index contributed by atoms with van der Waals surface area (Å²) in [7, 11) is 0. The van der Waals surface area contributed by atoms with Crippen LogP contribution in [0.4, 0.5) is 0 Å². The van der Waals surface area contributed by atoms with E-state index in [1.807, 2.05) is 13.8 Å². The normalized spacial score (nSPS) is 32.4. The summed E-state index contributed by atoms with van der Waals surface area (Å²) in [5.41, 5.74) is -0.659. The van der Waals surface area contributed by atoms with Gasteiger partial charge < -0.3 is 15.3 Å². The second-order valence-corrected chi connectivity index (χ2v) is 6.00. The molecule has 2 unspecified atom stereocenters. The number of carbonyl (C=O) groups is 1. The van der Waals surface area contributed by atoms with Gasteiger partial charge in [-0.05, 0) is 31.2 Å². The minimum atomic E-state index is -0.659. The number of aliphatic hydroxyl groups is 1. The third-order valence-electron chi connectivity index (χ3n) is 4.35. The summed E-state index contributed by atoms with van der Waals surface area (Å²) in [5.74, 6) is 0.787. The summed E-state index contributed by atoms with van der Waals surface area (Å²) < 4.78 is 0. The van der Waals surface area contributed by atoms with Gasteiger partial charge in [-0.3, -0.25) is 4.79 Å². The highest BCUT2D eigenvalue weighted by molar-refractivity contribution is 5.83. The molecular weight excluding hydrogens is 216 g/mol. The Balaban J connectivity index is 1.90. The Morgan fingerprint density at radius 3 is 2.65 bits per heavy atom. The Morgan fingerprint density at radius 1 is 1.47 bits per heavy atom. The van der Waals surface area contributed by atoms with Crippen LogP contribution in [0.25, 0.3) is 0 Å². The first-order valence-corrected chi connectivity index (χ1v) is 6.68. The van der Waals surface area contributed by atoms with Crippen molar-refractivity contribution in [2.75, 3.05) is 19.6 Å². The van der Waals surface area contributed by atoms with Gasteiger partial charge in [-0.2, -0.15) is 0 Å². The van der Waals surface area contributed by atoms with Crippen molar-refractivity contribution in [2.45, 2.75) is 45.3 Å². The molecule has 17 heavy (non-hydrogen) atoms. The highest BCUT2D eigenvalue weighted by Gasteiger charge is 2.47. The van der Waals surface area contributed by atoms with Gasteiger partial charge >= 0.3 is 0 Å². The third kappa shape index (κ3) is 2.33. The second kappa shape index (κ2) is 4.58. The summed E-state index contributed by atoms with van der Waals surface area (Å²) in [6, 6.07) is -0.0412. The first kappa shape index (κ1) is 12.8. The van der Waals surface area contributed by atoms with Crippen molar-refractivity contribution in [3.8, 4) is 0 Å². The van der Waals surface area contributed by atoms with Crippen LogP contribution in [0.1, 0.15) is 33.6 Å². The maximum absolute atomic E-state index is 12.3. The average Bonchev–Trinajstić information content (AvgIpc) is 2.24. The van der Waals surface area contributed by atoms with Gasteiger partial charge in [-0.1, -0.05) is 20.8 Å². The zero-order valence-electron chi connectivity index (χ0n) is 11.1. The molecule has 2 heterocycles. The van der Waals surface area contributed by atoms with Gasteiger partial charge in [-0.25, -0.2) is 0 Å². The summed E-state index contributed by atoms with van der Waals surface area (Å²) >= 11 is 0. The lowest BCUT2D eigenvalue weighted by Crippen LogP contribution is -2.69. The van der Waals surface area contributed by atoms with Gasteiger partial charge in [0.25, 0.3) is 0 Å². The highest BCUT2D eigenvalue weighted by Crippen LogP contribution is 2.30. The number of amides is 1. The van der Waals surface area contributed by atoms with Gasteiger partial charge in [0.15, 0.2) is 0 Å². The summed E-state index contributed by atoms with van der Waals surface area (Å²) in [6.45, 7) is 8.06.